The average Bonchev–Trinajstić information content (AvgIpc) is 3.63. The van der Waals surface area contributed by atoms with Crippen molar-refractivity contribution in [1.29, 1.82) is 5.26 Å². The van der Waals surface area contributed by atoms with Crippen LogP contribution >= 0.6 is 0 Å². The molecule has 162 valence electrons. The minimum Gasteiger partial charge on any atom is -0.488 e. The van der Waals surface area contributed by atoms with Crippen molar-refractivity contribution in [2.45, 2.75) is 45.8 Å². The second kappa shape index (κ2) is 7.60. The third-order valence-electron chi connectivity index (χ3n) is 6.68. The number of fused-ring (bicyclic) bond motifs is 3. The van der Waals surface area contributed by atoms with Gasteiger partial charge < -0.3 is 9.30 Å². The summed E-state index contributed by atoms with van der Waals surface area (Å²) in [7, 11) is 0. The van der Waals surface area contributed by atoms with Crippen molar-refractivity contribution in [1.82, 2.24) is 14.5 Å². The Bertz CT molecular complexity index is 1480. The second-order valence-electron chi connectivity index (χ2n) is 9.02. The Balaban J connectivity index is 1.46. The topological polar surface area (TPSA) is 63.7 Å². The molecule has 2 aromatic carbocycles. The van der Waals surface area contributed by atoms with E-state index >= 15 is 0 Å². The number of ether oxygens (including phenoxy) is 1. The number of hydrogen-bond acceptors (Lipinski definition) is 4. The summed E-state index contributed by atoms with van der Waals surface area (Å²) in [4.78, 5) is 9.64. The molecule has 2 aromatic heterocycles. The molecule has 4 aromatic rings. The summed E-state index contributed by atoms with van der Waals surface area (Å²) in [5, 5.41) is 9.70. The molecule has 2 aliphatic rings. The Hall–Kier alpha value is -3.91. The fourth-order valence-electron chi connectivity index (χ4n) is 4.79. The highest BCUT2D eigenvalue weighted by atomic mass is 16.5. The summed E-state index contributed by atoms with van der Waals surface area (Å²) in [5.41, 5.74) is 9.01. The van der Waals surface area contributed by atoms with Crippen molar-refractivity contribution >= 4 is 16.7 Å². The smallest absolute Gasteiger partial charge is 0.160 e. The molecule has 1 aliphatic heterocycles. The monoisotopic (exact) mass is 432 g/mol. The van der Waals surface area contributed by atoms with E-state index in [-0.39, 0.29) is 0 Å². The zero-order valence-corrected chi connectivity index (χ0v) is 18.8. The molecule has 0 N–H and O–H groups in total. The molecular formula is C28H24N4O. The fourth-order valence-corrected chi connectivity index (χ4v) is 4.79. The number of imidazole rings is 1. The molecule has 1 saturated carbocycles. The molecule has 0 amide bonds. The van der Waals surface area contributed by atoms with Crippen molar-refractivity contribution < 1.29 is 4.74 Å². The first-order valence-corrected chi connectivity index (χ1v) is 11.4. The molecule has 0 saturated heterocycles. The van der Waals surface area contributed by atoms with Crippen LogP contribution in [0.5, 0.6) is 5.75 Å². The van der Waals surface area contributed by atoms with Crippen molar-refractivity contribution in [3.63, 3.8) is 0 Å². The summed E-state index contributed by atoms with van der Waals surface area (Å²) in [6.07, 6.45) is 4.25. The highest BCUT2D eigenvalue weighted by Crippen LogP contribution is 2.42. The van der Waals surface area contributed by atoms with Gasteiger partial charge >= 0.3 is 0 Å². The van der Waals surface area contributed by atoms with E-state index in [1.54, 1.807) is 0 Å². The lowest BCUT2D eigenvalue weighted by atomic mass is 9.90. The maximum absolute atomic E-state index is 9.70. The summed E-state index contributed by atoms with van der Waals surface area (Å²) >= 11 is 0. The van der Waals surface area contributed by atoms with Gasteiger partial charge in [0, 0.05) is 28.8 Å². The van der Waals surface area contributed by atoms with Crippen LogP contribution in [0.4, 0.5) is 0 Å². The van der Waals surface area contributed by atoms with Crippen molar-refractivity contribution in [2.75, 3.05) is 0 Å². The highest BCUT2D eigenvalue weighted by molar-refractivity contribution is 5.88. The van der Waals surface area contributed by atoms with Gasteiger partial charge in [-0.3, -0.25) is 0 Å². The van der Waals surface area contributed by atoms with Gasteiger partial charge in [0.25, 0.3) is 0 Å². The van der Waals surface area contributed by atoms with Crippen LogP contribution in [0, 0.1) is 18.3 Å². The lowest BCUT2D eigenvalue weighted by molar-refractivity contribution is 0.307. The van der Waals surface area contributed by atoms with Crippen LogP contribution in [-0.4, -0.2) is 14.5 Å². The van der Waals surface area contributed by atoms with Gasteiger partial charge in [-0.15, -0.1) is 0 Å². The predicted octanol–water partition coefficient (Wildman–Crippen LogP) is 5.90. The fraction of sp³-hybridized carbons (Fsp3) is 0.250. The summed E-state index contributed by atoms with van der Waals surface area (Å²) in [6, 6.07) is 18.9. The van der Waals surface area contributed by atoms with Crippen LogP contribution in [-0.2, 0) is 13.2 Å². The number of allylic oxidation sites excluding steroid dienone is 1. The SMILES string of the molecule is C/C(C#N)=C1/c2ccccc2COc2cc(Cn3c(C4CC4)nc4c(C)ccnc43)ccc21. The molecule has 0 spiro atoms. The van der Waals surface area contributed by atoms with Crippen LogP contribution < -0.4 is 4.74 Å². The third kappa shape index (κ3) is 3.30. The lowest BCUT2D eigenvalue weighted by Crippen LogP contribution is -2.06. The number of aryl methyl sites for hydroxylation is 1. The van der Waals surface area contributed by atoms with Crippen molar-refractivity contribution in [2.24, 2.45) is 0 Å². The number of pyridine rings is 1. The molecule has 0 unspecified atom stereocenters. The van der Waals surface area contributed by atoms with Crippen molar-refractivity contribution in [3.8, 4) is 11.8 Å². The largest absolute Gasteiger partial charge is 0.488 e. The zero-order valence-electron chi connectivity index (χ0n) is 18.8. The van der Waals surface area contributed by atoms with Crippen LogP contribution in [0.1, 0.15) is 59.3 Å². The molecular weight excluding hydrogens is 408 g/mol. The predicted molar refractivity (Wildman–Crippen MR) is 128 cm³/mol. The Labute approximate surface area is 193 Å². The van der Waals surface area contributed by atoms with Gasteiger partial charge in [0.1, 0.15) is 23.7 Å². The molecule has 0 atom stereocenters. The summed E-state index contributed by atoms with van der Waals surface area (Å²) in [6.45, 7) is 5.15. The molecule has 1 aliphatic carbocycles. The molecule has 0 radical (unpaired) electrons. The van der Waals surface area contributed by atoms with Crippen LogP contribution in [0.15, 0.2) is 60.3 Å². The van der Waals surface area contributed by atoms with Gasteiger partial charge in [0.2, 0.25) is 0 Å². The number of hydrogen-bond donors (Lipinski definition) is 0. The highest BCUT2D eigenvalue weighted by Gasteiger charge is 2.30. The minimum atomic E-state index is 0.483. The maximum Gasteiger partial charge on any atom is 0.160 e. The quantitative estimate of drug-likeness (QED) is 0.378. The molecule has 33 heavy (non-hydrogen) atoms. The first-order valence-electron chi connectivity index (χ1n) is 11.4. The van der Waals surface area contributed by atoms with E-state index in [0.29, 0.717) is 24.6 Å². The Morgan fingerprint density at radius 2 is 2.00 bits per heavy atom. The Morgan fingerprint density at radius 3 is 2.82 bits per heavy atom. The molecule has 3 heterocycles. The van der Waals surface area contributed by atoms with Crippen LogP contribution in [0.2, 0.25) is 0 Å². The molecule has 1 fully saturated rings. The number of nitriles is 1. The first kappa shape index (κ1) is 19.8. The second-order valence-corrected chi connectivity index (χ2v) is 9.02. The molecule has 5 heteroatoms. The number of benzene rings is 2. The maximum atomic E-state index is 9.70. The van der Waals surface area contributed by atoms with Gasteiger partial charge in [-0.05, 0) is 61.1 Å². The summed E-state index contributed by atoms with van der Waals surface area (Å²) < 4.78 is 8.54. The van der Waals surface area contributed by atoms with Gasteiger partial charge in [0.05, 0.1) is 12.6 Å². The van der Waals surface area contributed by atoms with E-state index in [4.69, 9.17) is 9.72 Å². The Morgan fingerprint density at radius 1 is 1.15 bits per heavy atom. The summed E-state index contributed by atoms with van der Waals surface area (Å²) in [5.74, 6) is 2.48. The van der Waals surface area contributed by atoms with Crippen LogP contribution in [0.3, 0.4) is 0 Å². The Kier molecular flexibility index (Phi) is 4.55. The van der Waals surface area contributed by atoms with Gasteiger partial charge in [-0.25, -0.2) is 9.97 Å². The van der Waals surface area contributed by atoms with E-state index in [9.17, 15) is 5.26 Å². The van der Waals surface area contributed by atoms with E-state index in [1.807, 2.05) is 31.3 Å². The normalized spacial score (nSPS) is 16.4. The molecule has 5 nitrogen and oxygen atoms in total. The van der Waals surface area contributed by atoms with E-state index in [2.05, 4.69) is 52.9 Å². The van der Waals surface area contributed by atoms with Crippen molar-refractivity contribution in [3.05, 3.63) is 93.9 Å². The minimum absolute atomic E-state index is 0.483. The number of rotatable bonds is 3. The van der Waals surface area contributed by atoms with Gasteiger partial charge in [-0.2, -0.15) is 5.26 Å². The first-order chi connectivity index (χ1) is 16.1. The van der Waals surface area contributed by atoms with Gasteiger partial charge in [0.15, 0.2) is 5.65 Å². The molecule has 0 bridgehead atoms. The lowest BCUT2D eigenvalue weighted by Gasteiger charge is -2.14. The third-order valence-corrected chi connectivity index (χ3v) is 6.68. The number of nitrogens with zero attached hydrogens (tertiary/aromatic N) is 4. The van der Waals surface area contributed by atoms with E-state index in [1.165, 1.54) is 12.8 Å². The van der Waals surface area contributed by atoms with E-state index in [0.717, 1.165) is 56.1 Å². The van der Waals surface area contributed by atoms with Gasteiger partial charge in [-0.1, -0.05) is 36.4 Å². The van der Waals surface area contributed by atoms with E-state index < -0.39 is 0 Å². The average molecular weight is 433 g/mol. The zero-order chi connectivity index (χ0) is 22.5. The number of aromatic nitrogens is 3. The standard InChI is InChI=1S/C28H24N4O/c1-17-11-12-30-28-26(17)31-27(20-8-9-20)32(28)15-19-7-10-23-24(13-19)33-16-21-5-3-4-6-22(21)25(23)18(2)14-29/h3-7,10-13,20H,8-9,15-16H2,1-2H3/b25-18+. The molecule has 6 rings (SSSR count). The van der Waals surface area contributed by atoms with Crippen LogP contribution in [0.25, 0.3) is 16.7 Å².